The van der Waals surface area contributed by atoms with E-state index in [0.717, 1.165) is 0 Å². The second-order valence-electron chi connectivity index (χ2n) is 10.1. The topological polar surface area (TPSA) is 207 Å². The molecule has 0 saturated carbocycles. The monoisotopic (exact) mass is 536 g/mol. The van der Waals surface area contributed by atoms with Crippen LogP contribution in [0, 0.1) is 0 Å². The Morgan fingerprint density at radius 2 is 1.66 bits per heavy atom. The van der Waals surface area contributed by atoms with Crippen molar-refractivity contribution in [3.63, 3.8) is 0 Å². The van der Waals surface area contributed by atoms with E-state index in [4.69, 9.17) is 14.2 Å². The number of aliphatic hydroxyl groups is 6. The number of rotatable bonds is 7. The van der Waals surface area contributed by atoms with E-state index in [9.17, 15) is 45.6 Å². The van der Waals surface area contributed by atoms with Gasteiger partial charge in [0.2, 0.25) is 12.1 Å². The van der Waals surface area contributed by atoms with Crippen molar-refractivity contribution in [2.75, 3.05) is 6.61 Å². The summed E-state index contributed by atoms with van der Waals surface area (Å²) in [6.07, 6.45) is -10.7. The number of carbonyl (C=O) groups excluding carboxylic acids is 1. The molecule has 1 fully saturated rings. The van der Waals surface area contributed by atoms with Gasteiger partial charge in [0.05, 0.1) is 12.2 Å². The number of hydrogen-bond acceptors (Lipinski definition) is 12. The Balaban J connectivity index is 1.76. The molecule has 2 heterocycles. The maximum atomic E-state index is 13.2. The van der Waals surface area contributed by atoms with Crippen molar-refractivity contribution in [2.45, 2.75) is 75.2 Å². The molecule has 0 radical (unpaired) electrons. The van der Waals surface area contributed by atoms with Crippen molar-refractivity contribution in [1.82, 2.24) is 0 Å². The smallest absolute Gasteiger partial charge is 0.229 e. The average molecular weight is 537 g/mol. The lowest BCUT2D eigenvalue weighted by Crippen LogP contribution is -2.60. The third kappa shape index (κ3) is 5.43. The Kier molecular flexibility index (Phi) is 7.86. The fourth-order valence-corrected chi connectivity index (χ4v) is 4.46. The Bertz CT molecular complexity index is 1160. The van der Waals surface area contributed by atoms with E-state index in [1.54, 1.807) is 13.8 Å². The van der Waals surface area contributed by atoms with Gasteiger partial charge in [0.15, 0.2) is 12.2 Å². The van der Waals surface area contributed by atoms with Crippen molar-refractivity contribution < 1.29 is 59.9 Å². The average Bonchev–Trinajstić information content (AvgIpc) is 2.86. The van der Waals surface area contributed by atoms with E-state index in [2.05, 4.69) is 0 Å². The summed E-state index contributed by atoms with van der Waals surface area (Å²) in [5.74, 6) is -1.70. The van der Waals surface area contributed by atoms with Crippen molar-refractivity contribution in [3.05, 3.63) is 47.0 Å². The SMILES string of the molecule is CC(C)(O)CCc1c(OC2OC(CO)C(O)C(O)C2O)cc2c(c1O)C(=O)C(O)C(c1ccc(O)cc1)O2. The molecule has 2 aromatic rings. The molecular formula is C26H32O12. The second-order valence-corrected chi connectivity index (χ2v) is 10.1. The summed E-state index contributed by atoms with van der Waals surface area (Å²) in [7, 11) is 0. The lowest BCUT2D eigenvalue weighted by atomic mass is 9.89. The number of hydrogen-bond donors (Lipinski definition) is 8. The molecule has 0 amide bonds. The van der Waals surface area contributed by atoms with Gasteiger partial charge in [-0.15, -0.1) is 0 Å². The Morgan fingerprint density at radius 1 is 1.00 bits per heavy atom. The van der Waals surface area contributed by atoms with Crippen LogP contribution in [-0.2, 0) is 11.2 Å². The summed E-state index contributed by atoms with van der Waals surface area (Å²) in [6.45, 7) is 2.40. The van der Waals surface area contributed by atoms with Crippen LogP contribution in [0.4, 0.5) is 0 Å². The van der Waals surface area contributed by atoms with Crippen LogP contribution in [-0.4, -0.2) is 95.7 Å². The van der Waals surface area contributed by atoms with Crippen LogP contribution < -0.4 is 9.47 Å². The number of ketones is 1. The number of phenols is 2. The van der Waals surface area contributed by atoms with E-state index >= 15 is 0 Å². The molecule has 4 rings (SSSR count). The highest BCUT2D eigenvalue weighted by Gasteiger charge is 2.46. The molecule has 7 atom stereocenters. The van der Waals surface area contributed by atoms with E-state index in [-0.39, 0.29) is 41.2 Å². The Hall–Kier alpha value is -2.97. The van der Waals surface area contributed by atoms with Crippen molar-refractivity contribution in [1.29, 1.82) is 0 Å². The van der Waals surface area contributed by atoms with Crippen LogP contribution in [0.2, 0.25) is 0 Å². The van der Waals surface area contributed by atoms with Gasteiger partial charge >= 0.3 is 0 Å². The highest BCUT2D eigenvalue weighted by Crippen LogP contribution is 2.46. The highest BCUT2D eigenvalue weighted by atomic mass is 16.7. The number of Topliss-reactive ketones (excluding diaryl/α,β-unsaturated/α-hetero) is 1. The summed E-state index contributed by atoms with van der Waals surface area (Å²) in [5, 5.41) is 81.8. The zero-order chi connectivity index (χ0) is 27.9. The van der Waals surface area contributed by atoms with Gasteiger partial charge in [0.25, 0.3) is 0 Å². The molecule has 0 bridgehead atoms. The van der Waals surface area contributed by atoms with Gasteiger partial charge in [-0.1, -0.05) is 12.1 Å². The molecular weight excluding hydrogens is 504 g/mol. The predicted molar refractivity (Wildman–Crippen MR) is 129 cm³/mol. The Labute approximate surface area is 217 Å². The van der Waals surface area contributed by atoms with Gasteiger partial charge in [-0.25, -0.2) is 0 Å². The van der Waals surface area contributed by atoms with Crippen molar-refractivity contribution in [2.24, 2.45) is 0 Å². The molecule has 12 heteroatoms. The van der Waals surface area contributed by atoms with Gasteiger partial charge in [0.1, 0.15) is 53.0 Å². The third-order valence-electron chi connectivity index (χ3n) is 6.68. The molecule has 0 spiro atoms. The summed E-state index contributed by atoms with van der Waals surface area (Å²) in [6, 6.07) is 6.90. The van der Waals surface area contributed by atoms with Crippen molar-refractivity contribution >= 4 is 5.78 Å². The number of benzene rings is 2. The van der Waals surface area contributed by atoms with Crippen LogP contribution in [0.1, 0.15) is 47.9 Å². The van der Waals surface area contributed by atoms with E-state index in [1.807, 2.05) is 0 Å². The van der Waals surface area contributed by atoms with E-state index < -0.39 is 66.7 Å². The number of carbonyl (C=O) groups is 1. The molecule has 0 aromatic heterocycles. The molecule has 0 aliphatic carbocycles. The second kappa shape index (κ2) is 10.7. The van der Waals surface area contributed by atoms with Gasteiger partial charge in [-0.05, 0) is 44.4 Å². The minimum absolute atomic E-state index is 0.0138. The summed E-state index contributed by atoms with van der Waals surface area (Å²) in [5.41, 5.74) is -1.07. The van der Waals surface area contributed by atoms with E-state index in [0.29, 0.717) is 5.56 Å². The van der Waals surface area contributed by atoms with Crippen LogP contribution in [0.5, 0.6) is 23.0 Å². The van der Waals surface area contributed by atoms with Gasteiger partial charge < -0.3 is 55.1 Å². The molecule has 8 N–H and O–H groups in total. The minimum Gasteiger partial charge on any atom is -0.508 e. The molecule has 208 valence electrons. The molecule has 2 aliphatic rings. The van der Waals surface area contributed by atoms with Crippen LogP contribution in [0.3, 0.4) is 0 Å². The quantitative estimate of drug-likeness (QED) is 0.229. The molecule has 2 aliphatic heterocycles. The molecule has 12 nitrogen and oxygen atoms in total. The summed E-state index contributed by atoms with van der Waals surface area (Å²) in [4.78, 5) is 13.2. The normalized spacial score (nSPS) is 29.5. The highest BCUT2D eigenvalue weighted by molar-refractivity contribution is 6.06. The lowest BCUT2D eigenvalue weighted by molar-refractivity contribution is -0.277. The molecule has 38 heavy (non-hydrogen) atoms. The van der Waals surface area contributed by atoms with Gasteiger partial charge in [-0.2, -0.15) is 0 Å². The first kappa shape index (κ1) is 28.0. The summed E-state index contributed by atoms with van der Waals surface area (Å²) < 4.78 is 17.1. The fourth-order valence-electron chi connectivity index (χ4n) is 4.46. The fraction of sp³-hybridized carbons (Fsp3) is 0.500. The lowest BCUT2D eigenvalue weighted by Gasteiger charge is -2.40. The summed E-state index contributed by atoms with van der Waals surface area (Å²) >= 11 is 0. The largest absolute Gasteiger partial charge is 0.508 e. The number of ether oxygens (including phenoxy) is 3. The molecule has 1 saturated heterocycles. The zero-order valence-corrected chi connectivity index (χ0v) is 20.8. The molecule has 7 unspecified atom stereocenters. The first-order chi connectivity index (χ1) is 17.8. The number of aromatic hydroxyl groups is 2. The first-order valence-electron chi connectivity index (χ1n) is 12.1. The first-order valence-corrected chi connectivity index (χ1v) is 12.1. The maximum Gasteiger partial charge on any atom is 0.229 e. The maximum absolute atomic E-state index is 13.2. The zero-order valence-electron chi connectivity index (χ0n) is 20.8. The van der Waals surface area contributed by atoms with Crippen LogP contribution >= 0.6 is 0 Å². The van der Waals surface area contributed by atoms with E-state index in [1.165, 1.54) is 30.3 Å². The van der Waals surface area contributed by atoms with Crippen LogP contribution in [0.15, 0.2) is 30.3 Å². The minimum atomic E-state index is -1.75. The van der Waals surface area contributed by atoms with Gasteiger partial charge in [0, 0.05) is 11.6 Å². The number of aliphatic hydroxyl groups excluding tert-OH is 5. The van der Waals surface area contributed by atoms with Crippen LogP contribution in [0.25, 0.3) is 0 Å². The number of fused-ring (bicyclic) bond motifs is 1. The third-order valence-corrected chi connectivity index (χ3v) is 6.68. The number of phenolic OH excluding ortho intramolecular Hbond substituents is 2. The van der Waals surface area contributed by atoms with Gasteiger partial charge in [-0.3, -0.25) is 4.79 Å². The Morgan fingerprint density at radius 3 is 2.26 bits per heavy atom. The standard InChI is InChI=1S/C26H32O12/c1-26(2,35)8-7-13-14(37-25-23(34)21(32)19(30)16(10-27)38-25)9-15-17(18(13)29)20(31)22(33)24(36-15)11-3-5-12(28)6-4-11/h3-6,9,16,19,21-25,27-30,32-35H,7-8,10H2,1-2H3. The van der Waals surface area contributed by atoms with Crippen molar-refractivity contribution in [3.8, 4) is 23.0 Å². The predicted octanol–water partition coefficient (Wildman–Crippen LogP) is -0.343. The molecule has 2 aromatic carbocycles.